The van der Waals surface area contributed by atoms with Crippen molar-refractivity contribution in [1.82, 2.24) is 14.5 Å². The Bertz CT molecular complexity index is 576. The van der Waals surface area contributed by atoms with Crippen molar-refractivity contribution in [3.63, 3.8) is 0 Å². The van der Waals surface area contributed by atoms with Gasteiger partial charge in [0, 0.05) is 12.7 Å². The normalized spacial score (nSPS) is 18.8. The van der Waals surface area contributed by atoms with Crippen LogP contribution in [-0.4, -0.2) is 35.5 Å². The Hall–Kier alpha value is -1.12. The van der Waals surface area contributed by atoms with Gasteiger partial charge >= 0.3 is 0 Å². The molecule has 0 unspecified atom stereocenters. The number of anilines is 1. The molecule has 1 aromatic heterocycles. The molecule has 4 N–H and O–H groups in total. The molecule has 1 fully saturated rings. The van der Waals surface area contributed by atoms with Gasteiger partial charge in [-0.05, 0) is 19.3 Å². The van der Waals surface area contributed by atoms with Crippen LogP contribution in [0, 0.1) is 0 Å². The molecule has 1 heterocycles. The molecule has 0 spiro atoms. The average molecular weight is 316 g/mol. The fourth-order valence-corrected chi connectivity index (χ4v) is 4.36. The fourth-order valence-electron chi connectivity index (χ4n) is 2.83. The minimum Gasteiger partial charge on any atom is -0.394 e. The summed E-state index contributed by atoms with van der Waals surface area (Å²) in [5, 5.41) is 13.7. The number of aryl methyl sites for hydroxylation is 1. The summed E-state index contributed by atoms with van der Waals surface area (Å²) >= 11 is 0. The number of sulfonamides is 1. The third-order valence-corrected chi connectivity index (χ3v) is 5.56. The van der Waals surface area contributed by atoms with Crippen molar-refractivity contribution in [1.29, 1.82) is 0 Å². The van der Waals surface area contributed by atoms with Gasteiger partial charge in [0.2, 0.25) is 10.0 Å². The highest BCUT2D eigenvalue weighted by molar-refractivity contribution is 7.89. The minimum absolute atomic E-state index is 0.000140. The van der Waals surface area contributed by atoms with E-state index in [4.69, 9.17) is 5.73 Å². The Morgan fingerprint density at radius 3 is 2.67 bits per heavy atom. The molecule has 0 aliphatic heterocycles. The number of rotatable bonds is 6. The van der Waals surface area contributed by atoms with E-state index in [0.717, 1.165) is 25.7 Å². The molecule has 8 heteroatoms. The number of aromatic nitrogens is 2. The summed E-state index contributed by atoms with van der Waals surface area (Å²) in [5.74, 6) is -0.000140. The van der Waals surface area contributed by atoms with Gasteiger partial charge in [0.05, 0.1) is 12.1 Å². The molecular weight excluding hydrogens is 292 g/mol. The first-order chi connectivity index (χ1) is 9.92. The standard InChI is InChI=1S/C13H24N4O3S/c1-2-8-17-9-11(12(14)15-17)21(19,20)16-13(10-18)6-4-3-5-7-13/h9,16,18H,2-8,10H2,1H3,(H2,14,15). The van der Waals surface area contributed by atoms with E-state index >= 15 is 0 Å². The van der Waals surface area contributed by atoms with Crippen LogP contribution in [0.4, 0.5) is 5.82 Å². The number of hydrogen-bond donors (Lipinski definition) is 3. The van der Waals surface area contributed by atoms with Crippen molar-refractivity contribution in [2.24, 2.45) is 0 Å². The van der Waals surface area contributed by atoms with Gasteiger partial charge in [0.15, 0.2) is 5.82 Å². The predicted octanol–water partition coefficient (Wildman–Crippen LogP) is 0.849. The van der Waals surface area contributed by atoms with E-state index in [2.05, 4.69) is 9.82 Å². The third-order valence-electron chi connectivity index (χ3n) is 3.96. The first-order valence-electron chi connectivity index (χ1n) is 7.40. The van der Waals surface area contributed by atoms with Gasteiger partial charge in [0.25, 0.3) is 0 Å². The summed E-state index contributed by atoms with van der Waals surface area (Å²) in [6.07, 6.45) is 6.47. The third kappa shape index (κ3) is 3.56. The van der Waals surface area contributed by atoms with E-state index in [0.29, 0.717) is 19.4 Å². The maximum absolute atomic E-state index is 12.5. The molecule has 1 aromatic rings. The molecule has 0 saturated heterocycles. The zero-order chi connectivity index (χ0) is 15.5. The number of aliphatic hydroxyl groups excluding tert-OH is 1. The van der Waals surface area contributed by atoms with Crippen molar-refractivity contribution in [3.8, 4) is 0 Å². The summed E-state index contributed by atoms with van der Waals surface area (Å²) in [4.78, 5) is -0.00523. The Morgan fingerprint density at radius 2 is 2.10 bits per heavy atom. The summed E-state index contributed by atoms with van der Waals surface area (Å²) in [7, 11) is -3.78. The average Bonchev–Trinajstić information content (AvgIpc) is 2.81. The minimum atomic E-state index is -3.78. The Labute approximate surface area is 125 Å². The fraction of sp³-hybridized carbons (Fsp3) is 0.769. The van der Waals surface area contributed by atoms with E-state index in [1.807, 2.05) is 6.92 Å². The van der Waals surface area contributed by atoms with E-state index in [9.17, 15) is 13.5 Å². The van der Waals surface area contributed by atoms with Crippen LogP contribution in [0.3, 0.4) is 0 Å². The lowest BCUT2D eigenvalue weighted by Gasteiger charge is -2.35. The van der Waals surface area contributed by atoms with Gasteiger partial charge < -0.3 is 10.8 Å². The summed E-state index contributed by atoms with van der Waals surface area (Å²) in [5.41, 5.74) is 4.97. The van der Waals surface area contributed by atoms with Crippen LogP contribution < -0.4 is 10.5 Å². The monoisotopic (exact) mass is 316 g/mol. The molecule has 0 atom stereocenters. The summed E-state index contributed by atoms with van der Waals surface area (Å²) < 4.78 is 29.3. The molecule has 1 aliphatic carbocycles. The van der Waals surface area contributed by atoms with E-state index in [1.54, 1.807) is 0 Å². The molecule has 2 rings (SSSR count). The molecule has 120 valence electrons. The lowest BCUT2D eigenvalue weighted by molar-refractivity contribution is 0.142. The van der Waals surface area contributed by atoms with Gasteiger partial charge in [-0.1, -0.05) is 26.2 Å². The maximum Gasteiger partial charge on any atom is 0.246 e. The van der Waals surface area contributed by atoms with E-state index in [1.165, 1.54) is 10.9 Å². The maximum atomic E-state index is 12.5. The largest absolute Gasteiger partial charge is 0.394 e. The lowest BCUT2D eigenvalue weighted by Crippen LogP contribution is -2.52. The number of nitrogens with two attached hydrogens (primary N) is 1. The van der Waals surface area contributed by atoms with Crippen molar-refractivity contribution < 1.29 is 13.5 Å². The van der Waals surface area contributed by atoms with Gasteiger partial charge in [-0.25, -0.2) is 13.1 Å². The van der Waals surface area contributed by atoms with Crippen molar-refractivity contribution in [2.75, 3.05) is 12.3 Å². The molecule has 1 aliphatic rings. The second-order valence-corrected chi connectivity index (χ2v) is 7.40. The van der Waals surface area contributed by atoms with Crippen LogP contribution in [0.25, 0.3) is 0 Å². The number of hydrogen-bond acceptors (Lipinski definition) is 5. The molecule has 0 radical (unpaired) electrons. The lowest BCUT2D eigenvalue weighted by atomic mass is 9.83. The van der Waals surface area contributed by atoms with Crippen LogP contribution in [0.5, 0.6) is 0 Å². The Balaban J connectivity index is 2.25. The van der Waals surface area contributed by atoms with Gasteiger partial charge in [0.1, 0.15) is 4.90 Å². The molecule has 0 bridgehead atoms. The topological polar surface area (TPSA) is 110 Å². The van der Waals surface area contributed by atoms with Crippen molar-refractivity contribution >= 4 is 15.8 Å². The highest BCUT2D eigenvalue weighted by Crippen LogP contribution is 2.30. The zero-order valence-electron chi connectivity index (χ0n) is 12.4. The van der Waals surface area contributed by atoms with Gasteiger partial charge in [-0.15, -0.1) is 0 Å². The molecule has 7 nitrogen and oxygen atoms in total. The molecule has 0 amide bonds. The number of nitrogens with one attached hydrogen (secondary N) is 1. The zero-order valence-corrected chi connectivity index (χ0v) is 13.2. The number of nitrogens with zero attached hydrogens (tertiary/aromatic N) is 2. The number of aliphatic hydroxyl groups is 1. The smallest absolute Gasteiger partial charge is 0.246 e. The molecule has 21 heavy (non-hydrogen) atoms. The predicted molar refractivity (Wildman–Crippen MR) is 80.2 cm³/mol. The van der Waals surface area contributed by atoms with Crippen LogP contribution in [0.2, 0.25) is 0 Å². The van der Waals surface area contributed by atoms with Crippen LogP contribution in [0.15, 0.2) is 11.1 Å². The SMILES string of the molecule is CCCn1cc(S(=O)(=O)NC2(CO)CCCCC2)c(N)n1. The van der Waals surface area contributed by atoms with E-state index in [-0.39, 0.29) is 17.3 Å². The summed E-state index contributed by atoms with van der Waals surface area (Å²) in [6.45, 7) is 2.40. The van der Waals surface area contributed by atoms with Crippen LogP contribution in [0.1, 0.15) is 45.4 Å². The van der Waals surface area contributed by atoms with Gasteiger partial charge in [-0.2, -0.15) is 5.10 Å². The Kier molecular flexibility index (Phi) is 4.90. The first kappa shape index (κ1) is 16.3. The Morgan fingerprint density at radius 1 is 1.43 bits per heavy atom. The summed E-state index contributed by atoms with van der Waals surface area (Å²) in [6, 6.07) is 0. The second kappa shape index (κ2) is 6.33. The quantitative estimate of drug-likeness (QED) is 0.720. The molecule has 1 saturated carbocycles. The van der Waals surface area contributed by atoms with Crippen molar-refractivity contribution in [2.45, 2.75) is 62.4 Å². The van der Waals surface area contributed by atoms with E-state index < -0.39 is 15.6 Å². The number of nitrogen functional groups attached to an aromatic ring is 1. The second-order valence-electron chi connectivity index (χ2n) is 5.75. The molecular formula is C13H24N4O3S. The van der Waals surface area contributed by atoms with Crippen LogP contribution in [-0.2, 0) is 16.6 Å². The first-order valence-corrected chi connectivity index (χ1v) is 8.88. The van der Waals surface area contributed by atoms with Crippen LogP contribution >= 0.6 is 0 Å². The molecule has 0 aromatic carbocycles. The van der Waals surface area contributed by atoms with Crippen molar-refractivity contribution in [3.05, 3.63) is 6.20 Å². The highest BCUT2D eigenvalue weighted by atomic mass is 32.2. The highest BCUT2D eigenvalue weighted by Gasteiger charge is 2.37. The van der Waals surface area contributed by atoms with Gasteiger partial charge in [-0.3, -0.25) is 4.68 Å².